The van der Waals surface area contributed by atoms with Crippen LogP contribution in [0.15, 0.2) is 35.5 Å². The van der Waals surface area contributed by atoms with Crippen molar-refractivity contribution >= 4 is 40.4 Å². The SMILES string of the molecule is Cc1c(F)c(F)c2c(C=Nc3n[nH]c(Cc4cccc(Cl)c4)c3C(N)=O)c[nH]c2c1F. The van der Waals surface area contributed by atoms with Crippen LogP contribution in [0.3, 0.4) is 0 Å². The van der Waals surface area contributed by atoms with Gasteiger partial charge in [0, 0.05) is 35.0 Å². The minimum absolute atomic E-state index is 0.0349. The summed E-state index contributed by atoms with van der Waals surface area (Å²) in [5.41, 5.74) is 6.25. The normalized spacial score (nSPS) is 11.6. The van der Waals surface area contributed by atoms with Gasteiger partial charge < -0.3 is 10.7 Å². The standard InChI is InChI=1S/C21H15ClF3N5O/c1-9-16(23)18(25)14-11(7-27-19(14)17(9)24)8-28-21-15(20(26)31)13(29-30-21)6-10-3-2-4-12(22)5-10/h2-5,7-8,27H,6H2,1H3,(H2,26,31)(H,29,30). The Balaban J connectivity index is 1.73. The number of halogens is 4. The Labute approximate surface area is 178 Å². The first-order valence-electron chi connectivity index (χ1n) is 9.07. The fraction of sp³-hybridized carbons (Fsp3) is 0.0952. The molecule has 0 aliphatic heterocycles. The second-order valence-electron chi connectivity index (χ2n) is 6.89. The summed E-state index contributed by atoms with van der Waals surface area (Å²) in [4.78, 5) is 18.7. The molecule has 158 valence electrons. The summed E-state index contributed by atoms with van der Waals surface area (Å²) >= 11 is 5.99. The zero-order chi connectivity index (χ0) is 22.3. The van der Waals surface area contributed by atoms with Crippen molar-refractivity contribution in [3.05, 3.63) is 80.9 Å². The number of carbonyl (C=O) groups is 1. The average Bonchev–Trinajstić information content (AvgIpc) is 3.33. The summed E-state index contributed by atoms with van der Waals surface area (Å²) in [6, 6.07) is 7.04. The third-order valence-electron chi connectivity index (χ3n) is 4.87. The lowest BCUT2D eigenvalue weighted by Gasteiger charge is -2.03. The maximum absolute atomic E-state index is 14.4. The highest BCUT2D eigenvalue weighted by Gasteiger charge is 2.21. The number of nitrogens with one attached hydrogen (secondary N) is 2. The summed E-state index contributed by atoms with van der Waals surface area (Å²) in [5.74, 6) is -4.17. The number of H-pyrrole nitrogens is 2. The van der Waals surface area contributed by atoms with Crippen LogP contribution in [0, 0.1) is 24.4 Å². The van der Waals surface area contributed by atoms with Crippen molar-refractivity contribution in [2.45, 2.75) is 13.3 Å². The van der Waals surface area contributed by atoms with Crippen molar-refractivity contribution in [3.8, 4) is 0 Å². The molecule has 2 heterocycles. The van der Waals surface area contributed by atoms with E-state index in [0.717, 1.165) is 18.7 Å². The van der Waals surface area contributed by atoms with Crippen LogP contribution in [-0.2, 0) is 6.42 Å². The van der Waals surface area contributed by atoms with Crippen LogP contribution in [0.2, 0.25) is 5.02 Å². The Bertz CT molecular complexity index is 1360. The van der Waals surface area contributed by atoms with Crippen LogP contribution in [0.4, 0.5) is 19.0 Å². The van der Waals surface area contributed by atoms with E-state index < -0.39 is 28.9 Å². The van der Waals surface area contributed by atoms with Crippen molar-refractivity contribution < 1.29 is 18.0 Å². The molecule has 6 nitrogen and oxygen atoms in total. The topological polar surface area (TPSA) is 99.9 Å². The molecule has 2 aromatic carbocycles. The first-order chi connectivity index (χ1) is 14.8. The van der Waals surface area contributed by atoms with E-state index in [9.17, 15) is 18.0 Å². The molecule has 4 N–H and O–H groups in total. The Kier molecular flexibility index (Phi) is 5.28. The maximum atomic E-state index is 14.4. The number of benzene rings is 2. The number of amides is 1. The Morgan fingerprint density at radius 3 is 2.74 bits per heavy atom. The number of hydrogen-bond acceptors (Lipinski definition) is 3. The minimum Gasteiger partial charge on any atom is -0.365 e. The van der Waals surface area contributed by atoms with E-state index in [1.54, 1.807) is 18.2 Å². The zero-order valence-corrected chi connectivity index (χ0v) is 16.8. The van der Waals surface area contributed by atoms with Gasteiger partial charge in [0.2, 0.25) is 0 Å². The first kappa shape index (κ1) is 20.7. The quantitative estimate of drug-likeness (QED) is 0.306. The number of aromatic nitrogens is 3. The smallest absolute Gasteiger partial charge is 0.254 e. The van der Waals surface area contributed by atoms with Crippen molar-refractivity contribution in [2.24, 2.45) is 10.7 Å². The molecule has 0 radical (unpaired) electrons. The lowest BCUT2D eigenvalue weighted by Crippen LogP contribution is -2.13. The zero-order valence-electron chi connectivity index (χ0n) is 16.1. The molecule has 0 unspecified atom stereocenters. The van der Waals surface area contributed by atoms with Crippen molar-refractivity contribution in [3.63, 3.8) is 0 Å². The molecule has 2 aromatic heterocycles. The molecular formula is C21H15ClF3N5O. The van der Waals surface area contributed by atoms with Gasteiger partial charge in [-0.1, -0.05) is 23.7 Å². The van der Waals surface area contributed by atoms with Crippen LogP contribution in [0.5, 0.6) is 0 Å². The van der Waals surface area contributed by atoms with Gasteiger partial charge in [-0.2, -0.15) is 5.10 Å². The van der Waals surface area contributed by atoms with Gasteiger partial charge in [-0.3, -0.25) is 9.89 Å². The number of nitrogens with two attached hydrogens (primary N) is 1. The summed E-state index contributed by atoms with van der Waals surface area (Å²) < 4.78 is 42.7. The molecule has 0 atom stereocenters. The molecule has 0 saturated heterocycles. The Morgan fingerprint density at radius 1 is 1.26 bits per heavy atom. The van der Waals surface area contributed by atoms with E-state index in [0.29, 0.717) is 17.1 Å². The molecule has 0 spiro atoms. The third kappa shape index (κ3) is 3.68. The van der Waals surface area contributed by atoms with Gasteiger partial charge in [0.1, 0.15) is 5.56 Å². The highest BCUT2D eigenvalue weighted by atomic mass is 35.5. The largest absolute Gasteiger partial charge is 0.365 e. The molecule has 0 fully saturated rings. The number of carbonyl (C=O) groups excluding carboxylic acids is 1. The van der Waals surface area contributed by atoms with Crippen LogP contribution in [-0.4, -0.2) is 27.3 Å². The first-order valence-corrected chi connectivity index (χ1v) is 9.45. The second kappa shape index (κ2) is 7.92. The summed E-state index contributed by atoms with van der Waals surface area (Å²) in [5, 5.41) is 6.96. The number of hydrogen-bond donors (Lipinski definition) is 3. The van der Waals surface area contributed by atoms with Gasteiger partial charge in [0.25, 0.3) is 5.91 Å². The van der Waals surface area contributed by atoms with Crippen molar-refractivity contribution in [1.29, 1.82) is 0 Å². The van der Waals surface area contributed by atoms with Gasteiger partial charge in [-0.05, 0) is 24.6 Å². The predicted octanol–water partition coefficient (Wildman–Crippen LogP) is 4.71. The lowest BCUT2D eigenvalue weighted by molar-refractivity contribution is 0.100. The van der Waals surface area contributed by atoms with Crippen molar-refractivity contribution in [2.75, 3.05) is 0 Å². The van der Waals surface area contributed by atoms with Gasteiger partial charge in [-0.15, -0.1) is 0 Å². The summed E-state index contributed by atoms with van der Waals surface area (Å²) in [6.07, 6.45) is 2.73. The highest BCUT2D eigenvalue weighted by Crippen LogP contribution is 2.29. The fourth-order valence-electron chi connectivity index (χ4n) is 3.34. The average molecular weight is 446 g/mol. The monoisotopic (exact) mass is 445 g/mol. The Morgan fingerprint density at radius 2 is 2.03 bits per heavy atom. The van der Waals surface area contributed by atoms with Crippen molar-refractivity contribution in [1.82, 2.24) is 15.2 Å². The molecule has 0 aliphatic rings. The molecule has 4 aromatic rings. The number of aliphatic imine (C=N–C) groups is 1. The number of rotatable bonds is 5. The van der Waals surface area contributed by atoms with E-state index in [4.69, 9.17) is 17.3 Å². The van der Waals surface area contributed by atoms with Crippen LogP contribution < -0.4 is 5.73 Å². The summed E-state index contributed by atoms with van der Waals surface area (Å²) in [7, 11) is 0. The van der Waals surface area contributed by atoms with Crippen LogP contribution in [0.25, 0.3) is 10.9 Å². The molecule has 1 amide bonds. The molecule has 0 bridgehead atoms. The lowest BCUT2D eigenvalue weighted by atomic mass is 10.1. The predicted molar refractivity (Wildman–Crippen MR) is 112 cm³/mol. The highest BCUT2D eigenvalue weighted by molar-refractivity contribution is 6.30. The third-order valence-corrected chi connectivity index (χ3v) is 5.10. The Hall–Kier alpha value is -3.59. The maximum Gasteiger partial charge on any atom is 0.254 e. The minimum atomic E-state index is -1.28. The molecule has 31 heavy (non-hydrogen) atoms. The van der Waals surface area contributed by atoms with E-state index >= 15 is 0 Å². The molecule has 0 aliphatic carbocycles. The van der Waals surface area contributed by atoms with Gasteiger partial charge in [0.05, 0.1) is 16.6 Å². The number of fused-ring (bicyclic) bond motifs is 1. The van der Waals surface area contributed by atoms with Crippen LogP contribution >= 0.6 is 11.6 Å². The number of primary amides is 1. The van der Waals surface area contributed by atoms with Gasteiger partial charge in [0.15, 0.2) is 23.3 Å². The van der Waals surface area contributed by atoms with E-state index in [-0.39, 0.29) is 27.8 Å². The van der Waals surface area contributed by atoms with Gasteiger partial charge in [-0.25, -0.2) is 18.2 Å². The van der Waals surface area contributed by atoms with E-state index in [1.165, 1.54) is 6.20 Å². The molecule has 10 heteroatoms. The molecular weight excluding hydrogens is 431 g/mol. The van der Waals surface area contributed by atoms with E-state index in [2.05, 4.69) is 20.2 Å². The number of aromatic amines is 2. The second-order valence-corrected chi connectivity index (χ2v) is 7.33. The van der Waals surface area contributed by atoms with Crippen LogP contribution in [0.1, 0.15) is 32.7 Å². The van der Waals surface area contributed by atoms with Gasteiger partial charge >= 0.3 is 0 Å². The molecule has 0 saturated carbocycles. The fourth-order valence-corrected chi connectivity index (χ4v) is 3.55. The molecule has 4 rings (SSSR count). The van der Waals surface area contributed by atoms with E-state index in [1.807, 2.05) is 6.07 Å². The summed E-state index contributed by atoms with van der Waals surface area (Å²) in [6.45, 7) is 1.14. The number of nitrogens with zero attached hydrogens (tertiary/aromatic N) is 2.